The molecule has 0 spiro atoms. The average Bonchev–Trinajstić information content (AvgIpc) is 2.94. The minimum atomic E-state index is -0.702. The van der Waals surface area contributed by atoms with Crippen LogP contribution >= 0.6 is 11.6 Å². The molecule has 0 saturated heterocycles. The summed E-state index contributed by atoms with van der Waals surface area (Å²) in [7, 11) is 2.92. The summed E-state index contributed by atoms with van der Waals surface area (Å²) < 4.78 is 24.4. The number of halogens is 2. The molecular formula is C24H20ClFN2O4. The van der Waals surface area contributed by atoms with Gasteiger partial charge in [-0.05, 0) is 48.0 Å². The number of fused-ring (bicyclic) bond motifs is 1. The van der Waals surface area contributed by atoms with Crippen LogP contribution in [0.4, 0.5) is 10.1 Å². The number of rotatable bonds is 4. The number of methoxy groups -OCH3 is 2. The van der Waals surface area contributed by atoms with E-state index in [9.17, 15) is 14.0 Å². The van der Waals surface area contributed by atoms with Gasteiger partial charge in [0.05, 0.1) is 25.8 Å². The second kappa shape index (κ2) is 8.88. The third-order valence-corrected chi connectivity index (χ3v) is 5.52. The van der Waals surface area contributed by atoms with E-state index in [1.54, 1.807) is 48.5 Å². The highest BCUT2D eigenvalue weighted by molar-refractivity contribution is 6.30. The molecule has 0 fully saturated rings. The molecule has 0 saturated carbocycles. The molecule has 0 aliphatic carbocycles. The van der Waals surface area contributed by atoms with E-state index in [-0.39, 0.29) is 23.8 Å². The normalized spacial score (nSPS) is 15.4. The molecule has 4 rings (SSSR count). The van der Waals surface area contributed by atoms with Crippen LogP contribution in [-0.4, -0.2) is 37.5 Å². The Balaban J connectivity index is 1.91. The molecule has 1 N–H and O–H groups in total. The van der Waals surface area contributed by atoms with Gasteiger partial charge in [-0.15, -0.1) is 0 Å². The van der Waals surface area contributed by atoms with E-state index in [2.05, 4.69) is 5.32 Å². The number of nitrogens with one attached hydrogen (secondary N) is 1. The SMILES string of the molecule is COc1cccc(C(=O)N2CC(=O)Nc3ccc(Cl)cc3[C@H]2c2ccc(F)cc2)c1OC. The Morgan fingerprint density at radius 1 is 1.09 bits per heavy atom. The van der Waals surface area contributed by atoms with Crippen LogP contribution in [0.25, 0.3) is 0 Å². The van der Waals surface area contributed by atoms with Crippen molar-refractivity contribution in [1.29, 1.82) is 0 Å². The fourth-order valence-electron chi connectivity index (χ4n) is 3.88. The summed E-state index contributed by atoms with van der Waals surface area (Å²) in [5.41, 5.74) is 2.01. The van der Waals surface area contributed by atoms with E-state index in [0.717, 1.165) is 0 Å². The van der Waals surface area contributed by atoms with Gasteiger partial charge in [0.15, 0.2) is 11.5 Å². The Labute approximate surface area is 189 Å². The van der Waals surface area contributed by atoms with E-state index in [1.807, 2.05) is 0 Å². The molecule has 1 atom stereocenters. The summed E-state index contributed by atoms with van der Waals surface area (Å²) in [5.74, 6) is -0.574. The summed E-state index contributed by atoms with van der Waals surface area (Å²) in [4.78, 5) is 27.9. The van der Waals surface area contributed by atoms with Gasteiger partial charge >= 0.3 is 0 Å². The van der Waals surface area contributed by atoms with Gasteiger partial charge in [0.25, 0.3) is 5.91 Å². The molecule has 1 aliphatic heterocycles. The number of nitrogens with zero attached hydrogens (tertiary/aromatic N) is 1. The number of hydrogen-bond donors (Lipinski definition) is 1. The lowest BCUT2D eigenvalue weighted by Crippen LogP contribution is -2.39. The van der Waals surface area contributed by atoms with Gasteiger partial charge in [0.1, 0.15) is 12.4 Å². The molecule has 0 unspecified atom stereocenters. The number of carbonyl (C=O) groups excluding carboxylic acids is 2. The van der Waals surface area contributed by atoms with Crippen molar-refractivity contribution in [2.45, 2.75) is 6.04 Å². The maximum atomic E-state index is 13.8. The zero-order valence-corrected chi connectivity index (χ0v) is 18.2. The van der Waals surface area contributed by atoms with Gasteiger partial charge in [0, 0.05) is 16.3 Å². The lowest BCUT2D eigenvalue weighted by molar-refractivity contribution is -0.117. The zero-order valence-electron chi connectivity index (χ0n) is 17.4. The molecule has 164 valence electrons. The van der Waals surface area contributed by atoms with Crippen molar-refractivity contribution in [2.24, 2.45) is 0 Å². The number of hydrogen-bond acceptors (Lipinski definition) is 4. The Morgan fingerprint density at radius 2 is 1.84 bits per heavy atom. The molecule has 1 heterocycles. The topological polar surface area (TPSA) is 67.9 Å². The molecule has 3 aromatic carbocycles. The summed E-state index contributed by atoms with van der Waals surface area (Å²) >= 11 is 6.26. The molecular weight excluding hydrogens is 435 g/mol. The smallest absolute Gasteiger partial charge is 0.259 e. The van der Waals surface area contributed by atoms with Crippen molar-refractivity contribution in [3.63, 3.8) is 0 Å². The maximum Gasteiger partial charge on any atom is 0.259 e. The number of anilines is 1. The second-order valence-electron chi connectivity index (χ2n) is 7.21. The van der Waals surface area contributed by atoms with Crippen molar-refractivity contribution >= 4 is 29.1 Å². The first-order valence-corrected chi connectivity index (χ1v) is 10.2. The molecule has 0 aromatic heterocycles. The lowest BCUT2D eigenvalue weighted by atomic mass is 9.95. The van der Waals surface area contributed by atoms with E-state index in [1.165, 1.54) is 31.3 Å². The van der Waals surface area contributed by atoms with Gasteiger partial charge in [-0.2, -0.15) is 0 Å². The predicted octanol–water partition coefficient (Wildman–Crippen LogP) is 4.68. The largest absolute Gasteiger partial charge is 0.493 e. The molecule has 0 radical (unpaired) electrons. The first-order valence-electron chi connectivity index (χ1n) is 9.79. The van der Waals surface area contributed by atoms with Crippen molar-refractivity contribution in [3.8, 4) is 11.5 Å². The van der Waals surface area contributed by atoms with Crippen molar-refractivity contribution < 1.29 is 23.5 Å². The maximum absolute atomic E-state index is 13.8. The first kappa shape index (κ1) is 21.6. The van der Waals surface area contributed by atoms with Crippen molar-refractivity contribution in [2.75, 3.05) is 26.1 Å². The molecule has 0 bridgehead atoms. The van der Waals surface area contributed by atoms with Crippen molar-refractivity contribution in [3.05, 3.63) is 88.2 Å². The zero-order chi connectivity index (χ0) is 22.8. The molecule has 1 aliphatic rings. The number of ether oxygens (including phenoxy) is 2. The van der Waals surface area contributed by atoms with Crippen molar-refractivity contribution in [1.82, 2.24) is 4.90 Å². The van der Waals surface area contributed by atoms with Crippen LogP contribution in [0.15, 0.2) is 60.7 Å². The summed E-state index contributed by atoms with van der Waals surface area (Å²) in [6.45, 7) is -0.229. The van der Waals surface area contributed by atoms with Crippen LogP contribution in [-0.2, 0) is 4.79 Å². The number of carbonyl (C=O) groups is 2. The molecule has 2 amide bonds. The number of para-hydroxylation sites is 1. The van der Waals surface area contributed by atoms with E-state index < -0.39 is 17.8 Å². The first-order chi connectivity index (χ1) is 15.4. The Bertz CT molecular complexity index is 1180. The fourth-order valence-corrected chi connectivity index (χ4v) is 4.06. The van der Waals surface area contributed by atoms with Crippen LogP contribution in [0.5, 0.6) is 11.5 Å². The van der Waals surface area contributed by atoms with Crippen LogP contribution in [0.2, 0.25) is 5.02 Å². The third kappa shape index (κ3) is 3.99. The van der Waals surface area contributed by atoms with Gasteiger partial charge < -0.3 is 19.7 Å². The summed E-state index contributed by atoms with van der Waals surface area (Å²) in [6, 6.07) is 15.1. The highest BCUT2D eigenvalue weighted by atomic mass is 35.5. The lowest BCUT2D eigenvalue weighted by Gasteiger charge is -2.31. The monoisotopic (exact) mass is 454 g/mol. The van der Waals surface area contributed by atoms with E-state index in [4.69, 9.17) is 21.1 Å². The second-order valence-corrected chi connectivity index (χ2v) is 7.64. The molecule has 3 aromatic rings. The van der Waals surface area contributed by atoms with E-state index >= 15 is 0 Å². The van der Waals surface area contributed by atoms with Crippen LogP contribution in [0, 0.1) is 5.82 Å². The third-order valence-electron chi connectivity index (χ3n) is 5.29. The standard InChI is InChI=1S/C24H20ClFN2O4/c1-31-20-5-3-4-17(23(20)32-2)24(30)28-13-21(29)27-19-11-8-15(25)12-18(19)22(28)14-6-9-16(26)10-7-14/h3-12,22H,13H2,1-2H3,(H,27,29)/t22-/m1/s1. The van der Waals surface area contributed by atoms with Crippen LogP contribution in [0.1, 0.15) is 27.5 Å². The quantitative estimate of drug-likeness (QED) is 0.621. The molecule has 6 nitrogen and oxygen atoms in total. The average molecular weight is 455 g/mol. The minimum absolute atomic E-state index is 0.229. The number of benzene rings is 3. The molecule has 32 heavy (non-hydrogen) atoms. The van der Waals surface area contributed by atoms with Gasteiger partial charge in [-0.3, -0.25) is 9.59 Å². The summed E-state index contributed by atoms with van der Waals surface area (Å²) in [6.07, 6.45) is 0. The van der Waals surface area contributed by atoms with Crippen LogP contribution in [0.3, 0.4) is 0 Å². The highest BCUT2D eigenvalue weighted by Crippen LogP contribution is 2.40. The van der Waals surface area contributed by atoms with Gasteiger partial charge in [-0.25, -0.2) is 4.39 Å². The van der Waals surface area contributed by atoms with Gasteiger partial charge in [0.2, 0.25) is 5.91 Å². The fraction of sp³-hybridized carbons (Fsp3) is 0.167. The Hall–Kier alpha value is -3.58. The minimum Gasteiger partial charge on any atom is -0.493 e. The number of amides is 2. The predicted molar refractivity (Wildman–Crippen MR) is 119 cm³/mol. The molecule has 8 heteroatoms. The van der Waals surface area contributed by atoms with Crippen LogP contribution < -0.4 is 14.8 Å². The van der Waals surface area contributed by atoms with E-state index in [0.29, 0.717) is 27.6 Å². The Kier molecular flexibility index (Phi) is 6.01. The Morgan fingerprint density at radius 3 is 2.53 bits per heavy atom. The van der Waals surface area contributed by atoms with Gasteiger partial charge in [-0.1, -0.05) is 29.8 Å². The highest BCUT2D eigenvalue weighted by Gasteiger charge is 2.35. The summed E-state index contributed by atoms with van der Waals surface area (Å²) in [5, 5.41) is 3.27.